The van der Waals surface area contributed by atoms with E-state index in [0.717, 1.165) is 22.3 Å². The van der Waals surface area contributed by atoms with E-state index in [9.17, 15) is 0 Å². The molecule has 3 heteroatoms. The molecule has 0 amide bonds. The van der Waals surface area contributed by atoms with E-state index >= 15 is 0 Å². The third-order valence-corrected chi connectivity index (χ3v) is 2.52. The minimum Gasteiger partial charge on any atom is -0.459 e. The Labute approximate surface area is 87.6 Å². The zero-order valence-electron chi connectivity index (χ0n) is 7.96. The highest BCUT2D eigenvalue weighted by Crippen LogP contribution is 2.24. The third-order valence-electron chi connectivity index (χ3n) is 2.21. The molecule has 2 rings (SSSR count). The first-order valence-electron chi connectivity index (χ1n) is 4.54. The lowest BCUT2D eigenvalue weighted by Crippen LogP contribution is -2.02. The van der Waals surface area contributed by atoms with Crippen LogP contribution >= 0.6 is 11.6 Å². The van der Waals surface area contributed by atoms with Gasteiger partial charge in [-0.3, -0.25) is 0 Å². The fraction of sp³-hybridized carbons (Fsp3) is 0.273. The summed E-state index contributed by atoms with van der Waals surface area (Å²) in [6.45, 7) is 1.90. The quantitative estimate of drug-likeness (QED) is 0.772. The van der Waals surface area contributed by atoms with Crippen LogP contribution in [0.3, 0.4) is 0 Å². The number of hydrogen-bond donors (Lipinski definition) is 1. The van der Waals surface area contributed by atoms with Crippen LogP contribution in [0.5, 0.6) is 0 Å². The van der Waals surface area contributed by atoms with Crippen molar-refractivity contribution in [3.63, 3.8) is 0 Å². The lowest BCUT2D eigenvalue weighted by molar-refractivity contribution is 0.513. The van der Waals surface area contributed by atoms with Crippen molar-refractivity contribution in [1.82, 2.24) is 0 Å². The zero-order valence-corrected chi connectivity index (χ0v) is 8.71. The molecule has 1 aromatic carbocycles. The number of alkyl halides is 1. The number of benzene rings is 1. The molecule has 14 heavy (non-hydrogen) atoms. The van der Waals surface area contributed by atoms with E-state index in [2.05, 4.69) is 0 Å². The fourth-order valence-corrected chi connectivity index (χ4v) is 1.57. The molecule has 2 aromatic rings. The van der Waals surface area contributed by atoms with Gasteiger partial charge in [-0.05, 0) is 24.6 Å². The van der Waals surface area contributed by atoms with Gasteiger partial charge >= 0.3 is 0 Å². The Morgan fingerprint density at radius 2 is 2.21 bits per heavy atom. The van der Waals surface area contributed by atoms with Crippen LogP contribution in [0.2, 0.25) is 0 Å². The molecule has 0 spiro atoms. The predicted molar refractivity (Wildman–Crippen MR) is 58.4 cm³/mol. The summed E-state index contributed by atoms with van der Waals surface area (Å²) in [6, 6.07) is 7.85. The van der Waals surface area contributed by atoms with Crippen molar-refractivity contribution in [3.8, 4) is 0 Å². The maximum absolute atomic E-state index is 5.73. The molecule has 2 N–H and O–H groups in total. The van der Waals surface area contributed by atoms with Gasteiger partial charge in [0, 0.05) is 11.3 Å². The molecule has 0 aliphatic carbocycles. The highest BCUT2D eigenvalue weighted by atomic mass is 35.5. The van der Waals surface area contributed by atoms with Crippen molar-refractivity contribution < 1.29 is 4.42 Å². The predicted octanol–water partition coefficient (Wildman–Crippen LogP) is 3.19. The van der Waals surface area contributed by atoms with E-state index in [0.29, 0.717) is 5.88 Å². The van der Waals surface area contributed by atoms with Crippen LogP contribution in [0.25, 0.3) is 11.0 Å². The van der Waals surface area contributed by atoms with Gasteiger partial charge in [0.2, 0.25) is 0 Å². The summed E-state index contributed by atoms with van der Waals surface area (Å²) in [5, 5.41) is 1.08. The number of furan rings is 1. The Hall–Kier alpha value is -0.990. The van der Waals surface area contributed by atoms with Crippen molar-refractivity contribution in [2.75, 3.05) is 0 Å². The molecule has 0 bridgehead atoms. The van der Waals surface area contributed by atoms with E-state index in [1.54, 1.807) is 0 Å². The molecular formula is C11H12ClNO. The van der Waals surface area contributed by atoms with Gasteiger partial charge in [-0.25, -0.2) is 0 Å². The fourth-order valence-electron chi connectivity index (χ4n) is 1.40. The lowest BCUT2D eigenvalue weighted by Gasteiger charge is -1.96. The van der Waals surface area contributed by atoms with Gasteiger partial charge in [-0.1, -0.05) is 12.1 Å². The first kappa shape index (κ1) is 9.56. The van der Waals surface area contributed by atoms with Gasteiger partial charge in [0.15, 0.2) is 0 Å². The van der Waals surface area contributed by atoms with Crippen LogP contribution in [0.15, 0.2) is 28.7 Å². The summed E-state index contributed by atoms with van der Waals surface area (Å²) in [6.07, 6.45) is 0. The third kappa shape index (κ3) is 1.63. The zero-order chi connectivity index (χ0) is 10.1. The van der Waals surface area contributed by atoms with Gasteiger partial charge in [-0.2, -0.15) is 0 Å². The highest BCUT2D eigenvalue weighted by Gasteiger charge is 2.07. The molecule has 0 fully saturated rings. The van der Waals surface area contributed by atoms with Gasteiger partial charge in [0.25, 0.3) is 0 Å². The average Bonchev–Trinajstić information content (AvgIpc) is 2.59. The number of rotatable bonds is 2. The molecule has 0 aliphatic heterocycles. The minimum absolute atomic E-state index is 0.0677. The summed E-state index contributed by atoms with van der Waals surface area (Å²) >= 11 is 5.73. The molecule has 0 radical (unpaired) electrons. The number of fused-ring (bicyclic) bond motifs is 1. The van der Waals surface area contributed by atoms with Gasteiger partial charge in [0.05, 0.1) is 6.04 Å². The molecule has 74 valence electrons. The van der Waals surface area contributed by atoms with Gasteiger partial charge < -0.3 is 10.2 Å². The van der Waals surface area contributed by atoms with Crippen molar-refractivity contribution in [3.05, 3.63) is 35.6 Å². The van der Waals surface area contributed by atoms with E-state index < -0.39 is 0 Å². The molecular weight excluding hydrogens is 198 g/mol. The van der Waals surface area contributed by atoms with Crippen LogP contribution in [0.1, 0.15) is 24.3 Å². The molecule has 0 saturated carbocycles. The van der Waals surface area contributed by atoms with Crippen LogP contribution in [0, 0.1) is 0 Å². The summed E-state index contributed by atoms with van der Waals surface area (Å²) in [7, 11) is 0. The smallest absolute Gasteiger partial charge is 0.134 e. The second-order valence-electron chi connectivity index (χ2n) is 3.44. The molecule has 0 saturated heterocycles. The van der Waals surface area contributed by atoms with Crippen molar-refractivity contribution in [1.29, 1.82) is 0 Å². The van der Waals surface area contributed by atoms with E-state index in [4.69, 9.17) is 21.8 Å². The number of hydrogen-bond acceptors (Lipinski definition) is 2. The Morgan fingerprint density at radius 3 is 2.86 bits per heavy atom. The van der Waals surface area contributed by atoms with Gasteiger partial charge in [0.1, 0.15) is 11.3 Å². The highest BCUT2D eigenvalue weighted by molar-refractivity contribution is 6.17. The molecule has 1 heterocycles. The molecule has 2 nitrogen and oxygen atoms in total. The topological polar surface area (TPSA) is 39.2 Å². The van der Waals surface area contributed by atoms with E-state index in [1.807, 2.05) is 31.2 Å². The monoisotopic (exact) mass is 209 g/mol. The Morgan fingerprint density at radius 1 is 1.43 bits per heavy atom. The maximum Gasteiger partial charge on any atom is 0.134 e. The second-order valence-corrected chi connectivity index (χ2v) is 3.71. The number of nitrogens with two attached hydrogens (primary N) is 1. The molecule has 1 unspecified atom stereocenters. The summed E-state index contributed by atoms with van der Waals surface area (Å²) in [5.74, 6) is 1.32. The normalized spacial score (nSPS) is 13.4. The number of halogens is 1. The van der Waals surface area contributed by atoms with E-state index in [-0.39, 0.29) is 6.04 Å². The van der Waals surface area contributed by atoms with Crippen LogP contribution < -0.4 is 5.73 Å². The van der Waals surface area contributed by atoms with E-state index in [1.165, 1.54) is 0 Å². The summed E-state index contributed by atoms with van der Waals surface area (Å²) in [5.41, 5.74) is 7.65. The van der Waals surface area contributed by atoms with Crippen molar-refractivity contribution in [2.24, 2.45) is 5.73 Å². The van der Waals surface area contributed by atoms with Crippen molar-refractivity contribution >= 4 is 22.6 Å². The van der Waals surface area contributed by atoms with Crippen LogP contribution in [-0.4, -0.2) is 0 Å². The molecule has 1 atom stereocenters. The van der Waals surface area contributed by atoms with Crippen molar-refractivity contribution in [2.45, 2.75) is 18.8 Å². The van der Waals surface area contributed by atoms with Gasteiger partial charge in [-0.15, -0.1) is 11.6 Å². The second kappa shape index (κ2) is 3.64. The Kier molecular flexibility index (Phi) is 2.48. The first-order chi connectivity index (χ1) is 6.70. The maximum atomic E-state index is 5.73. The standard InChI is InChI=1S/C11H12ClNO/c1-7(13)10-5-9-3-2-8(6-12)4-11(9)14-10/h2-5,7H,6,13H2,1H3. The molecule has 0 aliphatic rings. The lowest BCUT2D eigenvalue weighted by atomic mass is 10.2. The van der Waals surface area contributed by atoms with Crippen LogP contribution in [-0.2, 0) is 5.88 Å². The van der Waals surface area contributed by atoms with Crippen LogP contribution in [0.4, 0.5) is 0 Å². The largest absolute Gasteiger partial charge is 0.459 e. The minimum atomic E-state index is -0.0677. The first-order valence-corrected chi connectivity index (χ1v) is 5.08. The Balaban J connectivity index is 2.54. The SMILES string of the molecule is CC(N)c1cc2ccc(CCl)cc2o1. The molecule has 1 aromatic heterocycles. The Bertz CT molecular complexity index is 447. The summed E-state index contributed by atoms with van der Waals surface area (Å²) in [4.78, 5) is 0. The summed E-state index contributed by atoms with van der Waals surface area (Å²) < 4.78 is 5.59. The average molecular weight is 210 g/mol.